The molecule has 4 aliphatic carbocycles. The van der Waals surface area contributed by atoms with Gasteiger partial charge in [0.05, 0.1) is 13.2 Å². The molecule has 0 amide bonds. The first kappa shape index (κ1) is 16.5. The molecule has 1 saturated heterocycles. The smallest absolute Gasteiger partial charge is 0.174 e. The summed E-state index contributed by atoms with van der Waals surface area (Å²) in [5.74, 6) is 1.88. The lowest BCUT2D eigenvalue weighted by molar-refractivity contribution is -0.240. The Morgan fingerprint density at radius 1 is 1.00 bits per heavy atom. The quantitative estimate of drug-likeness (QED) is 0.649. The van der Waals surface area contributed by atoms with E-state index in [0.29, 0.717) is 30.8 Å². The highest BCUT2D eigenvalue weighted by molar-refractivity contribution is 5.94. The average Bonchev–Trinajstić information content (AvgIpc) is 3.17. The van der Waals surface area contributed by atoms with Crippen molar-refractivity contribution < 1.29 is 14.3 Å². The molecule has 138 valence electrons. The summed E-state index contributed by atoms with van der Waals surface area (Å²) in [5, 5.41) is 0. The molecule has 0 aromatic carbocycles. The van der Waals surface area contributed by atoms with Crippen LogP contribution in [0.5, 0.6) is 0 Å². The SMILES string of the molecule is CC1CCC2(C)C(=CC(=O)C3C2CCC2(C)C3CCC23OCCO3)C1. The van der Waals surface area contributed by atoms with Crippen molar-refractivity contribution in [2.24, 2.45) is 34.5 Å². The second-order valence-electron chi connectivity index (χ2n) is 10.0. The lowest BCUT2D eigenvalue weighted by Gasteiger charge is -2.58. The van der Waals surface area contributed by atoms with Gasteiger partial charge in [-0.15, -0.1) is 0 Å². The van der Waals surface area contributed by atoms with Crippen molar-refractivity contribution in [3.8, 4) is 0 Å². The van der Waals surface area contributed by atoms with Gasteiger partial charge in [0.1, 0.15) is 0 Å². The number of carbonyl (C=O) groups is 1. The summed E-state index contributed by atoms with van der Waals surface area (Å²) in [5.41, 5.74) is 1.71. The summed E-state index contributed by atoms with van der Waals surface area (Å²) >= 11 is 0. The lowest BCUT2D eigenvalue weighted by atomic mass is 9.47. The van der Waals surface area contributed by atoms with E-state index in [2.05, 4.69) is 26.8 Å². The molecule has 3 heteroatoms. The number of hydrogen-bond donors (Lipinski definition) is 0. The average molecular weight is 344 g/mol. The molecule has 0 radical (unpaired) electrons. The minimum absolute atomic E-state index is 0.00396. The highest BCUT2D eigenvalue weighted by atomic mass is 16.7. The van der Waals surface area contributed by atoms with Crippen LogP contribution in [0.25, 0.3) is 0 Å². The molecule has 0 aromatic rings. The summed E-state index contributed by atoms with van der Waals surface area (Å²) in [6.45, 7) is 8.58. The first-order valence-corrected chi connectivity index (χ1v) is 10.4. The van der Waals surface area contributed by atoms with Crippen LogP contribution >= 0.6 is 0 Å². The minimum Gasteiger partial charge on any atom is -0.347 e. The predicted molar refractivity (Wildman–Crippen MR) is 95.9 cm³/mol. The topological polar surface area (TPSA) is 35.5 Å². The molecule has 5 aliphatic rings. The van der Waals surface area contributed by atoms with Gasteiger partial charge in [-0.1, -0.05) is 26.3 Å². The molecule has 5 rings (SSSR count). The second kappa shape index (κ2) is 5.19. The molecule has 25 heavy (non-hydrogen) atoms. The molecule has 1 aliphatic heterocycles. The van der Waals surface area contributed by atoms with Crippen LogP contribution in [0.15, 0.2) is 11.6 Å². The fourth-order valence-electron chi connectivity index (χ4n) is 7.47. The number of hydrogen-bond acceptors (Lipinski definition) is 3. The van der Waals surface area contributed by atoms with E-state index in [9.17, 15) is 4.79 Å². The highest BCUT2D eigenvalue weighted by Crippen LogP contribution is 2.68. The molecule has 4 fully saturated rings. The van der Waals surface area contributed by atoms with Gasteiger partial charge in [0.25, 0.3) is 0 Å². The molecule has 6 unspecified atom stereocenters. The van der Waals surface area contributed by atoms with Gasteiger partial charge in [0, 0.05) is 17.8 Å². The Balaban J connectivity index is 1.54. The zero-order valence-corrected chi connectivity index (χ0v) is 16.0. The zero-order valence-electron chi connectivity index (χ0n) is 16.0. The van der Waals surface area contributed by atoms with Gasteiger partial charge >= 0.3 is 0 Å². The van der Waals surface area contributed by atoms with Crippen molar-refractivity contribution >= 4 is 5.78 Å². The van der Waals surface area contributed by atoms with E-state index in [1.807, 2.05) is 0 Å². The number of allylic oxidation sites excluding steroid dienone is 2. The normalized spacial score (nSPS) is 51.0. The van der Waals surface area contributed by atoms with Crippen LogP contribution in [0.3, 0.4) is 0 Å². The third-order valence-electron chi connectivity index (χ3n) is 8.99. The molecular formula is C22H32O3. The first-order valence-electron chi connectivity index (χ1n) is 10.4. The summed E-state index contributed by atoms with van der Waals surface area (Å²) in [6, 6.07) is 0. The van der Waals surface area contributed by atoms with Crippen LogP contribution in [0, 0.1) is 34.5 Å². The second-order valence-corrected chi connectivity index (χ2v) is 10.0. The van der Waals surface area contributed by atoms with Crippen molar-refractivity contribution in [1.29, 1.82) is 0 Å². The third-order valence-corrected chi connectivity index (χ3v) is 8.99. The Morgan fingerprint density at radius 3 is 2.48 bits per heavy atom. The van der Waals surface area contributed by atoms with E-state index < -0.39 is 5.79 Å². The van der Waals surface area contributed by atoms with E-state index >= 15 is 0 Å². The molecular weight excluding hydrogens is 312 g/mol. The number of ketones is 1. The van der Waals surface area contributed by atoms with E-state index in [1.165, 1.54) is 18.4 Å². The van der Waals surface area contributed by atoms with E-state index in [-0.39, 0.29) is 16.7 Å². The van der Waals surface area contributed by atoms with Gasteiger partial charge in [0.15, 0.2) is 11.6 Å². The fraction of sp³-hybridized carbons (Fsp3) is 0.864. The molecule has 0 N–H and O–H groups in total. The van der Waals surface area contributed by atoms with Crippen LogP contribution in [-0.2, 0) is 14.3 Å². The summed E-state index contributed by atoms with van der Waals surface area (Å²) in [4.78, 5) is 13.3. The van der Waals surface area contributed by atoms with Crippen molar-refractivity contribution in [1.82, 2.24) is 0 Å². The van der Waals surface area contributed by atoms with Crippen LogP contribution in [0.2, 0.25) is 0 Å². The van der Waals surface area contributed by atoms with E-state index in [0.717, 1.165) is 38.0 Å². The maximum Gasteiger partial charge on any atom is 0.174 e. The van der Waals surface area contributed by atoms with Crippen molar-refractivity contribution in [2.45, 2.75) is 71.5 Å². The van der Waals surface area contributed by atoms with Crippen LogP contribution in [0.1, 0.15) is 65.7 Å². The number of ether oxygens (including phenoxy) is 2. The van der Waals surface area contributed by atoms with Crippen LogP contribution in [-0.4, -0.2) is 24.8 Å². The van der Waals surface area contributed by atoms with Crippen molar-refractivity contribution in [3.05, 3.63) is 11.6 Å². The lowest BCUT2D eigenvalue weighted by Crippen LogP contribution is -2.56. The largest absolute Gasteiger partial charge is 0.347 e. The minimum atomic E-state index is -0.408. The Labute approximate surface area is 151 Å². The summed E-state index contributed by atoms with van der Waals surface area (Å²) < 4.78 is 12.4. The molecule has 6 atom stereocenters. The predicted octanol–water partition coefficient (Wildman–Crippen LogP) is 4.51. The van der Waals surface area contributed by atoms with Crippen LogP contribution in [0.4, 0.5) is 0 Å². The standard InChI is InChI=1S/C22H32O3/c1-14-4-7-20(2)15(12-14)13-18(23)19-16(20)5-8-21(3)17(19)6-9-22(21)24-10-11-25-22/h13-14,16-17,19H,4-12H2,1-3H3. The van der Waals surface area contributed by atoms with Crippen molar-refractivity contribution in [3.63, 3.8) is 0 Å². The maximum atomic E-state index is 13.3. The third kappa shape index (κ3) is 1.97. The molecule has 0 aromatic heterocycles. The summed E-state index contributed by atoms with van der Waals surface area (Å²) in [6.07, 6.45) is 10.1. The Kier molecular flexibility index (Phi) is 3.43. The fourth-order valence-corrected chi connectivity index (χ4v) is 7.47. The van der Waals surface area contributed by atoms with Crippen LogP contribution < -0.4 is 0 Å². The molecule has 1 spiro atoms. The van der Waals surface area contributed by atoms with Gasteiger partial charge in [0.2, 0.25) is 0 Å². The highest BCUT2D eigenvalue weighted by Gasteiger charge is 2.67. The zero-order chi connectivity index (χ0) is 17.4. The molecule has 1 heterocycles. The van der Waals surface area contributed by atoms with Gasteiger partial charge in [-0.3, -0.25) is 4.79 Å². The Hall–Kier alpha value is -0.670. The molecule has 0 bridgehead atoms. The monoisotopic (exact) mass is 344 g/mol. The first-order chi connectivity index (χ1) is 11.9. The molecule has 3 saturated carbocycles. The number of rotatable bonds is 0. The molecule has 3 nitrogen and oxygen atoms in total. The van der Waals surface area contributed by atoms with Gasteiger partial charge < -0.3 is 9.47 Å². The van der Waals surface area contributed by atoms with E-state index in [4.69, 9.17) is 9.47 Å². The maximum absolute atomic E-state index is 13.3. The number of carbonyl (C=O) groups excluding carboxylic acids is 1. The number of fused-ring (bicyclic) bond motifs is 6. The Morgan fingerprint density at radius 2 is 1.72 bits per heavy atom. The van der Waals surface area contributed by atoms with Gasteiger partial charge in [-0.05, 0) is 67.8 Å². The van der Waals surface area contributed by atoms with E-state index in [1.54, 1.807) is 0 Å². The van der Waals surface area contributed by atoms with Gasteiger partial charge in [-0.25, -0.2) is 0 Å². The Bertz CT molecular complexity index is 631. The summed E-state index contributed by atoms with van der Waals surface area (Å²) in [7, 11) is 0. The van der Waals surface area contributed by atoms with Crippen molar-refractivity contribution in [2.75, 3.05) is 13.2 Å². The van der Waals surface area contributed by atoms with Gasteiger partial charge in [-0.2, -0.15) is 0 Å².